The smallest absolute Gasteiger partial charge is 0.252 e. The van der Waals surface area contributed by atoms with Crippen LogP contribution < -0.4 is 10.1 Å². The van der Waals surface area contributed by atoms with Crippen LogP contribution in [0, 0.1) is 5.92 Å². The fourth-order valence-corrected chi connectivity index (χ4v) is 2.43. The van der Waals surface area contributed by atoms with Gasteiger partial charge in [0.25, 0.3) is 5.91 Å². The fraction of sp³-hybridized carbons (Fsp3) is 0.400. The molecule has 118 valence electrons. The molecule has 0 aliphatic carbocycles. The molecule has 1 heterocycles. The summed E-state index contributed by atoms with van der Waals surface area (Å²) in [6.45, 7) is 4.69. The van der Waals surface area contributed by atoms with Crippen molar-refractivity contribution in [3.05, 3.63) is 40.6 Å². The van der Waals surface area contributed by atoms with E-state index in [-0.39, 0.29) is 17.9 Å². The summed E-state index contributed by atoms with van der Waals surface area (Å²) in [5.41, 5.74) is 0.545. The Hall–Kier alpha value is -1.89. The van der Waals surface area contributed by atoms with Crippen molar-refractivity contribution in [3.8, 4) is 5.75 Å². The van der Waals surface area contributed by atoms with Gasteiger partial charge in [0.2, 0.25) is 0 Å². The van der Waals surface area contributed by atoms with Crippen LogP contribution in [0.1, 0.15) is 24.2 Å². The third kappa shape index (κ3) is 4.07. The highest BCUT2D eigenvalue weighted by atomic mass is 79.9. The van der Waals surface area contributed by atoms with E-state index in [0.29, 0.717) is 17.9 Å². The van der Waals surface area contributed by atoms with Gasteiger partial charge < -0.3 is 10.1 Å². The summed E-state index contributed by atoms with van der Waals surface area (Å²) < 4.78 is 7.62. The van der Waals surface area contributed by atoms with Gasteiger partial charge in [-0.05, 0) is 40.0 Å². The molecule has 1 N–H and O–H groups in total. The monoisotopic (exact) mass is 366 g/mol. The Kier molecular flexibility index (Phi) is 5.54. The molecule has 0 saturated heterocycles. The van der Waals surface area contributed by atoms with Gasteiger partial charge in [0.15, 0.2) is 0 Å². The lowest BCUT2D eigenvalue weighted by molar-refractivity contribution is 0.0918. The van der Waals surface area contributed by atoms with Crippen molar-refractivity contribution in [2.75, 3.05) is 7.11 Å². The van der Waals surface area contributed by atoms with Crippen LogP contribution >= 0.6 is 15.9 Å². The van der Waals surface area contributed by atoms with Crippen molar-refractivity contribution in [2.45, 2.75) is 26.4 Å². The highest BCUT2D eigenvalue weighted by molar-refractivity contribution is 9.10. The SMILES string of the molecule is COc1ccc(Br)c(C(=O)N[C@H](Cn2ccnn2)C(C)C)c1. The molecular weight excluding hydrogens is 348 g/mol. The molecule has 1 amide bonds. The lowest BCUT2D eigenvalue weighted by atomic mass is 10.0. The zero-order chi connectivity index (χ0) is 16.1. The molecular formula is C15H19BrN4O2. The van der Waals surface area contributed by atoms with E-state index >= 15 is 0 Å². The Morgan fingerprint density at radius 2 is 2.23 bits per heavy atom. The van der Waals surface area contributed by atoms with Gasteiger partial charge in [-0.2, -0.15) is 0 Å². The number of ether oxygens (including phenoxy) is 1. The number of aromatic nitrogens is 3. The van der Waals surface area contributed by atoms with Gasteiger partial charge in [0, 0.05) is 10.7 Å². The molecule has 0 radical (unpaired) electrons. The minimum absolute atomic E-state index is 0.0488. The van der Waals surface area contributed by atoms with Gasteiger partial charge in [-0.15, -0.1) is 5.10 Å². The van der Waals surface area contributed by atoms with Crippen molar-refractivity contribution in [2.24, 2.45) is 5.92 Å². The van der Waals surface area contributed by atoms with E-state index in [2.05, 4.69) is 45.4 Å². The van der Waals surface area contributed by atoms with E-state index in [1.54, 1.807) is 42.4 Å². The van der Waals surface area contributed by atoms with Crippen LogP contribution in [0.25, 0.3) is 0 Å². The molecule has 0 bridgehead atoms. The third-order valence-corrected chi connectivity index (χ3v) is 4.09. The van der Waals surface area contributed by atoms with Crippen LogP contribution in [0.2, 0.25) is 0 Å². The maximum atomic E-state index is 12.5. The van der Waals surface area contributed by atoms with Crippen molar-refractivity contribution in [1.29, 1.82) is 0 Å². The second-order valence-corrected chi connectivity index (χ2v) is 6.15. The molecule has 1 aromatic carbocycles. The number of halogens is 1. The number of nitrogens with zero attached hydrogens (tertiary/aromatic N) is 3. The van der Waals surface area contributed by atoms with E-state index in [0.717, 1.165) is 4.47 Å². The summed E-state index contributed by atoms with van der Waals surface area (Å²) in [6, 6.07) is 5.27. The minimum atomic E-state index is -0.149. The Morgan fingerprint density at radius 3 is 2.82 bits per heavy atom. The number of hydrogen-bond donors (Lipinski definition) is 1. The van der Waals surface area contributed by atoms with Crippen molar-refractivity contribution >= 4 is 21.8 Å². The molecule has 22 heavy (non-hydrogen) atoms. The molecule has 1 aromatic heterocycles. The molecule has 0 aliphatic rings. The molecule has 6 nitrogen and oxygen atoms in total. The third-order valence-electron chi connectivity index (χ3n) is 3.40. The first kappa shape index (κ1) is 16.5. The lowest BCUT2D eigenvalue weighted by Gasteiger charge is -2.22. The first-order valence-corrected chi connectivity index (χ1v) is 7.79. The standard InChI is InChI=1S/C15H19BrN4O2/c1-10(2)14(9-20-7-6-17-19-20)18-15(21)12-8-11(22-3)4-5-13(12)16/h4-8,10,14H,9H2,1-3H3,(H,18,21)/t14-/m1/s1. The molecule has 2 aromatic rings. The quantitative estimate of drug-likeness (QED) is 0.852. The van der Waals surface area contributed by atoms with Crippen LogP contribution in [-0.4, -0.2) is 34.1 Å². The van der Waals surface area contributed by atoms with E-state index in [9.17, 15) is 4.79 Å². The van der Waals surface area contributed by atoms with Gasteiger partial charge in [0.05, 0.1) is 31.5 Å². The van der Waals surface area contributed by atoms with Gasteiger partial charge >= 0.3 is 0 Å². The number of carbonyl (C=O) groups excluding carboxylic acids is 1. The highest BCUT2D eigenvalue weighted by Crippen LogP contribution is 2.22. The minimum Gasteiger partial charge on any atom is -0.497 e. The number of nitrogens with one attached hydrogen (secondary N) is 1. The lowest BCUT2D eigenvalue weighted by Crippen LogP contribution is -2.41. The van der Waals surface area contributed by atoms with Crippen LogP contribution in [0.15, 0.2) is 35.1 Å². The van der Waals surface area contributed by atoms with Crippen molar-refractivity contribution in [1.82, 2.24) is 20.3 Å². The molecule has 0 aliphatic heterocycles. The predicted molar refractivity (Wildman–Crippen MR) is 86.8 cm³/mol. The van der Waals surface area contributed by atoms with Gasteiger partial charge in [-0.1, -0.05) is 19.1 Å². The second kappa shape index (κ2) is 7.40. The Morgan fingerprint density at radius 1 is 1.45 bits per heavy atom. The van der Waals surface area contributed by atoms with Crippen LogP contribution in [0.3, 0.4) is 0 Å². The molecule has 7 heteroatoms. The summed E-state index contributed by atoms with van der Waals surface area (Å²) in [6.07, 6.45) is 3.40. The summed E-state index contributed by atoms with van der Waals surface area (Å²) in [5.74, 6) is 0.757. The van der Waals surface area contributed by atoms with Crippen LogP contribution in [-0.2, 0) is 6.54 Å². The van der Waals surface area contributed by atoms with Crippen LogP contribution in [0.5, 0.6) is 5.75 Å². The zero-order valence-electron chi connectivity index (χ0n) is 12.8. The topological polar surface area (TPSA) is 69.0 Å². The average molecular weight is 367 g/mol. The Balaban J connectivity index is 2.14. The number of methoxy groups -OCH3 is 1. The number of amides is 1. The molecule has 0 fully saturated rings. The maximum Gasteiger partial charge on any atom is 0.252 e. The number of hydrogen-bond acceptors (Lipinski definition) is 4. The largest absolute Gasteiger partial charge is 0.497 e. The summed E-state index contributed by atoms with van der Waals surface area (Å²) in [5, 5.41) is 10.8. The highest BCUT2D eigenvalue weighted by Gasteiger charge is 2.20. The molecule has 1 atom stereocenters. The van der Waals surface area contributed by atoms with E-state index in [1.165, 1.54) is 0 Å². The van der Waals surface area contributed by atoms with Crippen LogP contribution in [0.4, 0.5) is 0 Å². The van der Waals surface area contributed by atoms with Gasteiger partial charge in [-0.25, -0.2) is 0 Å². The van der Waals surface area contributed by atoms with E-state index in [1.807, 2.05) is 0 Å². The average Bonchev–Trinajstić information content (AvgIpc) is 2.99. The first-order chi connectivity index (χ1) is 10.5. The van der Waals surface area contributed by atoms with Crippen molar-refractivity contribution in [3.63, 3.8) is 0 Å². The maximum absolute atomic E-state index is 12.5. The Bertz CT molecular complexity index is 628. The molecule has 2 rings (SSSR count). The second-order valence-electron chi connectivity index (χ2n) is 5.29. The predicted octanol–water partition coefficient (Wildman–Crippen LogP) is 2.50. The number of carbonyl (C=O) groups is 1. The van der Waals surface area contributed by atoms with Crippen molar-refractivity contribution < 1.29 is 9.53 Å². The normalized spacial score (nSPS) is 12.2. The molecule has 0 spiro atoms. The Labute approximate surface area is 138 Å². The number of rotatable bonds is 6. The summed E-state index contributed by atoms with van der Waals surface area (Å²) >= 11 is 3.40. The molecule has 0 saturated carbocycles. The first-order valence-electron chi connectivity index (χ1n) is 6.99. The summed E-state index contributed by atoms with van der Waals surface area (Å²) in [4.78, 5) is 12.5. The van der Waals surface area contributed by atoms with Gasteiger partial charge in [0.1, 0.15) is 5.75 Å². The van der Waals surface area contributed by atoms with E-state index < -0.39 is 0 Å². The molecule has 0 unspecified atom stereocenters. The van der Waals surface area contributed by atoms with Gasteiger partial charge in [-0.3, -0.25) is 9.48 Å². The number of benzene rings is 1. The fourth-order valence-electron chi connectivity index (χ4n) is 2.01. The van der Waals surface area contributed by atoms with E-state index in [4.69, 9.17) is 4.74 Å². The zero-order valence-corrected chi connectivity index (χ0v) is 14.4. The summed E-state index contributed by atoms with van der Waals surface area (Å²) in [7, 11) is 1.58.